The first kappa shape index (κ1) is 18.8. The highest BCUT2D eigenvalue weighted by atomic mass is 19.1. The summed E-state index contributed by atoms with van der Waals surface area (Å²) < 4.78 is 13.6. The van der Waals surface area contributed by atoms with Crippen LogP contribution in [0.15, 0.2) is 18.2 Å². The lowest BCUT2D eigenvalue weighted by Crippen LogP contribution is -2.38. The monoisotopic (exact) mass is 371 g/mol. The van der Waals surface area contributed by atoms with Crippen LogP contribution in [0.5, 0.6) is 0 Å². The third-order valence-corrected chi connectivity index (χ3v) is 4.80. The first-order valence-corrected chi connectivity index (χ1v) is 8.75. The molecule has 142 valence electrons. The Kier molecular flexibility index (Phi) is 4.89. The molecule has 3 rings (SSSR count). The molecule has 0 saturated carbocycles. The number of carbonyl (C=O) groups excluding carboxylic acids is 2. The van der Waals surface area contributed by atoms with Crippen molar-refractivity contribution in [3.05, 3.63) is 52.1 Å². The first-order chi connectivity index (χ1) is 12.7. The molecule has 0 spiro atoms. The molecule has 2 aromatic rings. The summed E-state index contributed by atoms with van der Waals surface area (Å²) in [4.78, 5) is 29.6. The van der Waals surface area contributed by atoms with Gasteiger partial charge in [0.2, 0.25) is 0 Å². The van der Waals surface area contributed by atoms with Gasteiger partial charge in [-0.1, -0.05) is 0 Å². The Morgan fingerprint density at radius 2 is 2.07 bits per heavy atom. The van der Waals surface area contributed by atoms with E-state index in [-0.39, 0.29) is 11.8 Å². The molecule has 0 fully saturated rings. The van der Waals surface area contributed by atoms with Gasteiger partial charge in [-0.25, -0.2) is 4.39 Å². The maximum atomic E-state index is 13.6. The number of nitrogens with zero attached hydrogens (tertiary/aromatic N) is 1. The number of rotatable bonds is 4. The van der Waals surface area contributed by atoms with Crippen molar-refractivity contribution in [1.82, 2.24) is 9.88 Å². The lowest BCUT2D eigenvalue weighted by molar-refractivity contribution is -0.110. The molecule has 0 radical (unpaired) electrons. The van der Waals surface area contributed by atoms with Crippen molar-refractivity contribution >= 4 is 29.2 Å². The van der Waals surface area contributed by atoms with Crippen LogP contribution in [0.4, 0.5) is 10.1 Å². The molecule has 0 aliphatic carbocycles. The molecule has 2 heterocycles. The van der Waals surface area contributed by atoms with E-state index in [1.807, 2.05) is 0 Å². The molecular weight excluding hydrogens is 349 g/mol. The minimum absolute atomic E-state index is 0.286. The Bertz CT molecular complexity index is 960. The van der Waals surface area contributed by atoms with E-state index in [4.69, 9.17) is 0 Å². The van der Waals surface area contributed by atoms with Crippen LogP contribution in [0, 0.1) is 19.7 Å². The molecule has 2 amide bonds. The summed E-state index contributed by atoms with van der Waals surface area (Å²) in [7, 11) is 0. The average molecular weight is 371 g/mol. The van der Waals surface area contributed by atoms with Crippen molar-refractivity contribution in [2.24, 2.45) is 0 Å². The molecule has 1 atom stereocenters. The number of nitrogens with one attached hydrogen (secondary N) is 2. The number of carbonyl (C=O) groups is 2. The third kappa shape index (κ3) is 3.26. The van der Waals surface area contributed by atoms with Gasteiger partial charge < -0.3 is 20.3 Å². The lowest BCUT2D eigenvalue weighted by Gasteiger charge is -2.24. The van der Waals surface area contributed by atoms with Crippen molar-refractivity contribution in [2.75, 3.05) is 11.9 Å². The number of aliphatic hydroxyl groups excluding tert-OH is 1. The molecule has 0 bridgehead atoms. The Labute approximate surface area is 156 Å². The van der Waals surface area contributed by atoms with Crippen LogP contribution < -0.4 is 5.32 Å². The molecular formula is C20H22FN3O3. The summed E-state index contributed by atoms with van der Waals surface area (Å²) >= 11 is 0. The number of fused-ring (bicyclic) bond motifs is 1. The predicted octanol–water partition coefficient (Wildman–Crippen LogP) is 3.06. The predicted molar refractivity (Wildman–Crippen MR) is 102 cm³/mol. The smallest absolute Gasteiger partial charge is 0.257 e. The van der Waals surface area contributed by atoms with Crippen LogP contribution in [0.3, 0.4) is 0 Å². The highest BCUT2D eigenvalue weighted by molar-refractivity contribution is 6.34. The van der Waals surface area contributed by atoms with Gasteiger partial charge in [-0.3, -0.25) is 9.59 Å². The van der Waals surface area contributed by atoms with Gasteiger partial charge in [0.05, 0.1) is 11.1 Å². The van der Waals surface area contributed by atoms with Crippen molar-refractivity contribution in [3.8, 4) is 0 Å². The quantitative estimate of drug-likeness (QED) is 0.570. The van der Waals surface area contributed by atoms with Gasteiger partial charge in [0.25, 0.3) is 11.8 Å². The van der Waals surface area contributed by atoms with E-state index in [0.717, 1.165) is 0 Å². The van der Waals surface area contributed by atoms with Gasteiger partial charge in [-0.2, -0.15) is 0 Å². The molecule has 7 heteroatoms. The number of aliphatic hydroxyl groups is 1. The zero-order valence-corrected chi connectivity index (χ0v) is 15.7. The van der Waals surface area contributed by atoms with Crippen LogP contribution in [-0.2, 0) is 4.79 Å². The number of H-pyrrole nitrogens is 1. The van der Waals surface area contributed by atoms with Crippen molar-refractivity contribution < 1.29 is 19.1 Å². The second-order valence-electron chi connectivity index (χ2n) is 6.59. The van der Waals surface area contributed by atoms with Crippen LogP contribution in [0.25, 0.3) is 11.6 Å². The molecule has 1 aromatic heterocycles. The summed E-state index contributed by atoms with van der Waals surface area (Å²) in [5, 5.41) is 12.5. The summed E-state index contributed by atoms with van der Waals surface area (Å²) in [6, 6.07) is 4.12. The van der Waals surface area contributed by atoms with E-state index < -0.39 is 12.0 Å². The van der Waals surface area contributed by atoms with Crippen molar-refractivity contribution in [2.45, 2.75) is 33.9 Å². The van der Waals surface area contributed by atoms with Crippen LogP contribution in [-0.4, -0.2) is 39.6 Å². The number of anilines is 1. The normalized spacial score (nSPS) is 15.6. The molecule has 1 aliphatic heterocycles. The Balaban J connectivity index is 2.06. The van der Waals surface area contributed by atoms with Crippen LogP contribution in [0.2, 0.25) is 0 Å². The Hall–Kier alpha value is -2.93. The van der Waals surface area contributed by atoms with E-state index in [1.165, 1.54) is 30.0 Å². The SMILES string of the molecule is CCN(C(=O)c1c(C)[nH]c(C=C2C(=O)Nc3ccc(F)cc32)c1C)C(C)O. The molecule has 0 saturated heterocycles. The van der Waals surface area contributed by atoms with Gasteiger partial charge in [0, 0.05) is 29.2 Å². The highest BCUT2D eigenvalue weighted by Crippen LogP contribution is 2.34. The molecule has 3 N–H and O–H groups in total. The van der Waals surface area contributed by atoms with Gasteiger partial charge >= 0.3 is 0 Å². The topological polar surface area (TPSA) is 85.4 Å². The largest absolute Gasteiger partial charge is 0.374 e. The maximum absolute atomic E-state index is 13.6. The highest BCUT2D eigenvalue weighted by Gasteiger charge is 2.27. The lowest BCUT2D eigenvalue weighted by atomic mass is 10.0. The number of halogens is 1. The zero-order valence-electron chi connectivity index (χ0n) is 15.7. The number of hydrogen-bond donors (Lipinski definition) is 3. The van der Waals surface area contributed by atoms with E-state index in [9.17, 15) is 19.1 Å². The number of amides is 2. The summed E-state index contributed by atoms with van der Waals surface area (Å²) in [5.74, 6) is -1.04. The molecule has 1 unspecified atom stereocenters. The number of hydrogen-bond acceptors (Lipinski definition) is 3. The standard InChI is InChI=1S/C20H22FN3O3/c1-5-24(12(4)25)20(27)18-10(2)17(22-11(18)3)9-15-14-8-13(21)6-7-16(14)23-19(15)26/h6-9,12,22,25H,5H2,1-4H3,(H,23,26). The second-order valence-corrected chi connectivity index (χ2v) is 6.59. The fourth-order valence-electron chi connectivity index (χ4n) is 3.41. The minimum atomic E-state index is -0.909. The summed E-state index contributed by atoms with van der Waals surface area (Å²) in [6.45, 7) is 7.24. The first-order valence-electron chi connectivity index (χ1n) is 8.75. The molecule has 6 nitrogen and oxygen atoms in total. The van der Waals surface area contributed by atoms with E-state index in [0.29, 0.717) is 45.9 Å². The number of aromatic nitrogens is 1. The third-order valence-electron chi connectivity index (χ3n) is 4.80. The Morgan fingerprint density at radius 1 is 1.37 bits per heavy atom. The van der Waals surface area contributed by atoms with E-state index in [1.54, 1.807) is 26.8 Å². The van der Waals surface area contributed by atoms with Gasteiger partial charge in [0.1, 0.15) is 12.0 Å². The molecule has 1 aromatic carbocycles. The fourth-order valence-corrected chi connectivity index (χ4v) is 3.41. The van der Waals surface area contributed by atoms with Gasteiger partial charge in [-0.05, 0) is 57.5 Å². The van der Waals surface area contributed by atoms with Gasteiger partial charge in [-0.15, -0.1) is 0 Å². The number of aromatic amines is 1. The second kappa shape index (κ2) is 7.00. The molecule has 1 aliphatic rings. The number of benzene rings is 1. The summed E-state index contributed by atoms with van der Waals surface area (Å²) in [6.07, 6.45) is 0.715. The van der Waals surface area contributed by atoms with Gasteiger partial charge in [0.15, 0.2) is 0 Å². The minimum Gasteiger partial charge on any atom is -0.374 e. The van der Waals surface area contributed by atoms with Crippen molar-refractivity contribution in [1.29, 1.82) is 0 Å². The fraction of sp³-hybridized carbons (Fsp3) is 0.300. The van der Waals surface area contributed by atoms with Crippen molar-refractivity contribution in [3.63, 3.8) is 0 Å². The number of aryl methyl sites for hydroxylation is 1. The van der Waals surface area contributed by atoms with Crippen LogP contribution >= 0.6 is 0 Å². The van der Waals surface area contributed by atoms with Crippen LogP contribution in [0.1, 0.15) is 46.7 Å². The van der Waals surface area contributed by atoms with E-state index >= 15 is 0 Å². The zero-order chi connectivity index (χ0) is 19.9. The van der Waals surface area contributed by atoms with E-state index in [2.05, 4.69) is 10.3 Å². The average Bonchev–Trinajstić information content (AvgIpc) is 3.04. The maximum Gasteiger partial charge on any atom is 0.257 e. The summed E-state index contributed by atoms with van der Waals surface area (Å²) in [5.41, 5.74) is 3.73. The Morgan fingerprint density at radius 3 is 2.70 bits per heavy atom. The molecule has 27 heavy (non-hydrogen) atoms.